The molecule has 3 heteroatoms. The van der Waals surface area contributed by atoms with Gasteiger partial charge in [-0.05, 0) is 42.5 Å². The minimum Gasteiger partial charge on any atom is -0.396 e. The lowest BCUT2D eigenvalue weighted by Gasteiger charge is -2.24. The number of carbonyl (C=O) groups is 1. The zero-order valence-corrected chi connectivity index (χ0v) is 9.49. The first kappa shape index (κ1) is 11.1. The van der Waals surface area contributed by atoms with Gasteiger partial charge in [-0.15, -0.1) is 0 Å². The van der Waals surface area contributed by atoms with Gasteiger partial charge in [0.15, 0.2) is 0 Å². The van der Waals surface area contributed by atoms with Crippen molar-refractivity contribution < 1.29 is 9.90 Å². The molecule has 1 atom stereocenters. The number of nitrogens with one attached hydrogen (secondary N) is 1. The van der Waals surface area contributed by atoms with Crippen LogP contribution in [0.25, 0.3) is 0 Å². The van der Waals surface area contributed by atoms with Crippen molar-refractivity contribution >= 4 is 11.6 Å². The smallest absolute Gasteiger partial charge is 0.221 e. The summed E-state index contributed by atoms with van der Waals surface area (Å²) in [6.45, 7) is 1.69. The summed E-state index contributed by atoms with van der Waals surface area (Å²) in [5.74, 6) is 0.175. The van der Waals surface area contributed by atoms with E-state index in [1.54, 1.807) is 0 Å². The number of hydrogen-bond donors (Lipinski definition) is 2. The van der Waals surface area contributed by atoms with Gasteiger partial charge in [-0.25, -0.2) is 0 Å². The van der Waals surface area contributed by atoms with Crippen molar-refractivity contribution in [2.24, 2.45) is 0 Å². The van der Waals surface area contributed by atoms with Crippen LogP contribution >= 0.6 is 0 Å². The van der Waals surface area contributed by atoms with Gasteiger partial charge in [0.2, 0.25) is 5.91 Å². The molecule has 0 radical (unpaired) electrons. The summed E-state index contributed by atoms with van der Waals surface area (Å²) in [6, 6.07) is 5.99. The predicted molar refractivity (Wildman–Crippen MR) is 63.5 cm³/mol. The van der Waals surface area contributed by atoms with Gasteiger partial charge in [-0.2, -0.15) is 0 Å². The second-order valence-corrected chi connectivity index (χ2v) is 4.37. The van der Waals surface area contributed by atoms with Crippen LogP contribution in [0.5, 0.6) is 0 Å². The van der Waals surface area contributed by atoms with Gasteiger partial charge >= 0.3 is 0 Å². The number of aliphatic hydroxyl groups is 1. The molecule has 86 valence electrons. The Bertz CT molecular complexity index is 401. The average molecular weight is 219 g/mol. The molecule has 16 heavy (non-hydrogen) atoms. The Hall–Kier alpha value is -1.35. The topological polar surface area (TPSA) is 49.3 Å². The quantitative estimate of drug-likeness (QED) is 0.799. The molecule has 2 rings (SSSR count). The Morgan fingerprint density at radius 3 is 3.06 bits per heavy atom. The maximum Gasteiger partial charge on any atom is 0.221 e. The highest BCUT2D eigenvalue weighted by Gasteiger charge is 2.19. The first-order chi connectivity index (χ1) is 7.70. The first-order valence-corrected chi connectivity index (χ1v) is 5.72. The van der Waals surface area contributed by atoms with Crippen LogP contribution in [0, 0.1) is 0 Å². The monoisotopic (exact) mass is 219 g/mol. The van der Waals surface area contributed by atoms with Crippen LogP contribution in [0.1, 0.15) is 36.8 Å². The lowest BCUT2D eigenvalue weighted by Crippen LogP contribution is -2.14. The van der Waals surface area contributed by atoms with E-state index in [-0.39, 0.29) is 18.4 Å². The van der Waals surface area contributed by atoms with Crippen molar-refractivity contribution in [1.29, 1.82) is 0 Å². The maximum atomic E-state index is 11.0. The van der Waals surface area contributed by atoms with Crippen LogP contribution in [0.3, 0.4) is 0 Å². The third-order valence-corrected chi connectivity index (χ3v) is 3.13. The molecule has 1 aliphatic carbocycles. The Morgan fingerprint density at radius 2 is 2.38 bits per heavy atom. The normalized spacial score (nSPS) is 19.0. The van der Waals surface area contributed by atoms with E-state index in [0.29, 0.717) is 0 Å². The van der Waals surface area contributed by atoms with Crippen molar-refractivity contribution in [3.8, 4) is 0 Å². The van der Waals surface area contributed by atoms with E-state index >= 15 is 0 Å². The zero-order valence-electron chi connectivity index (χ0n) is 9.49. The van der Waals surface area contributed by atoms with Crippen molar-refractivity contribution in [2.45, 2.75) is 32.1 Å². The molecule has 3 nitrogen and oxygen atoms in total. The number of aliphatic hydroxyl groups excluding tert-OH is 1. The van der Waals surface area contributed by atoms with Crippen molar-refractivity contribution in [3.05, 3.63) is 29.3 Å². The molecule has 2 N–H and O–H groups in total. The minimum atomic E-state index is -0.0590. The molecule has 0 saturated carbocycles. The van der Waals surface area contributed by atoms with E-state index in [9.17, 15) is 9.90 Å². The van der Waals surface area contributed by atoms with Crippen LogP contribution in [0.15, 0.2) is 18.2 Å². The van der Waals surface area contributed by atoms with E-state index in [4.69, 9.17) is 0 Å². The SMILES string of the molecule is CC(=O)Nc1ccc2c(c1)C(CO)CCC2. The standard InChI is InChI=1S/C13H17NO2/c1-9(16)14-12-6-5-10-3-2-4-11(8-15)13(10)7-12/h5-7,11,15H,2-4,8H2,1H3,(H,14,16). The predicted octanol–water partition coefficient (Wildman–Crippen LogP) is 2.06. The summed E-state index contributed by atoms with van der Waals surface area (Å²) in [6.07, 6.45) is 3.25. The molecule has 0 aliphatic heterocycles. The lowest BCUT2D eigenvalue weighted by atomic mass is 9.83. The summed E-state index contributed by atoms with van der Waals surface area (Å²) in [5, 5.41) is 12.1. The molecule has 0 aromatic heterocycles. The summed E-state index contributed by atoms with van der Waals surface area (Å²) >= 11 is 0. The number of amides is 1. The van der Waals surface area contributed by atoms with Gasteiger partial charge in [0.25, 0.3) is 0 Å². The third-order valence-electron chi connectivity index (χ3n) is 3.13. The summed E-state index contributed by atoms with van der Waals surface area (Å²) < 4.78 is 0. The highest BCUT2D eigenvalue weighted by Crippen LogP contribution is 2.32. The number of aryl methyl sites for hydroxylation is 1. The highest BCUT2D eigenvalue weighted by molar-refractivity contribution is 5.88. The zero-order chi connectivity index (χ0) is 11.5. The third kappa shape index (κ3) is 2.25. The van der Waals surface area contributed by atoms with Gasteiger partial charge < -0.3 is 10.4 Å². The molecule has 1 unspecified atom stereocenters. The Kier molecular flexibility index (Phi) is 3.25. The van der Waals surface area contributed by atoms with Crippen LogP contribution in [0.4, 0.5) is 5.69 Å². The molecule has 0 saturated heterocycles. The lowest BCUT2D eigenvalue weighted by molar-refractivity contribution is -0.114. The molecule has 0 bridgehead atoms. The minimum absolute atomic E-state index is 0.0590. The largest absolute Gasteiger partial charge is 0.396 e. The van der Waals surface area contributed by atoms with E-state index in [0.717, 1.165) is 24.9 Å². The van der Waals surface area contributed by atoms with Crippen LogP contribution in [0.2, 0.25) is 0 Å². The fourth-order valence-electron chi connectivity index (χ4n) is 2.37. The van der Waals surface area contributed by atoms with E-state index in [1.807, 2.05) is 12.1 Å². The Labute approximate surface area is 95.5 Å². The van der Waals surface area contributed by atoms with Gasteiger partial charge in [0.1, 0.15) is 0 Å². The second-order valence-electron chi connectivity index (χ2n) is 4.37. The molecule has 0 fully saturated rings. The van der Waals surface area contributed by atoms with Crippen molar-refractivity contribution in [1.82, 2.24) is 0 Å². The number of rotatable bonds is 2. The summed E-state index contributed by atoms with van der Waals surface area (Å²) in [7, 11) is 0. The van der Waals surface area contributed by atoms with Crippen molar-refractivity contribution in [3.63, 3.8) is 0 Å². The molecule has 1 amide bonds. The summed E-state index contributed by atoms with van der Waals surface area (Å²) in [4.78, 5) is 11.0. The Balaban J connectivity index is 2.31. The number of anilines is 1. The second kappa shape index (κ2) is 4.66. The van der Waals surface area contributed by atoms with Gasteiger partial charge in [0.05, 0.1) is 0 Å². The summed E-state index contributed by atoms with van der Waals surface area (Å²) in [5.41, 5.74) is 3.33. The molecule has 0 heterocycles. The van der Waals surface area contributed by atoms with E-state index in [2.05, 4.69) is 11.4 Å². The van der Waals surface area contributed by atoms with E-state index < -0.39 is 0 Å². The van der Waals surface area contributed by atoms with Gasteiger partial charge in [-0.1, -0.05) is 6.07 Å². The highest BCUT2D eigenvalue weighted by atomic mass is 16.3. The molecule has 1 aliphatic rings. The number of benzene rings is 1. The van der Waals surface area contributed by atoms with Gasteiger partial charge in [0, 0.05) is 25.1 Å². The average Bonchev–Trinajstić information content (AvgIpc) is 2.27. The van der Waals surface area contributed by atoms with Crippen LogP contribution in [-0.4, -0.2) is 17.6 Å². The molecular formula is C13H17NO2. The Morgan fingerprint density at radius 1 is 1.56 bits per heavy atom. The fraction of sp³-hybridized carbons (Fsp3) is 0.462. The molecule has 1 aromatic carbocycles. The first-order valence-electron chi connectivity index (χ1n) is 5.72. The van der Waals surface area contributed by atoms with E-state index in [1.165, 1.54) is 18.1 Å². The number of fused-ring (bicyclic) bond motifs is 1. The molecule has 1 aromatic rings. The molecule has 0 spiro atoms. The van der Waals surface area contributed by atoms with Crippen LogP contribution in [-0.2, 0) is 11.2 Å². The fourth-order valence-corrected chi connectivity index (χ4v) is 2.37. The maximum absolute atomic E-state index is 11.0. The van der Waals surface area contributed by atoms with Crippen molar-refractivity contribution in [2.75, 3.05) is 11.9 Å². The number of carbonyl (C=O) groups excluding carboxylic acids is 1. The number of hydrogen-bond acceptors (Lipinski definition) is 2. The molecular weight excluding hydrogens is 202 g/mol. The van der Waals surface area contributed by atoms with Gasteiger partial charge in [-0.3, -0.25) is 4.79 Å². The van der Waals surface area contributed by atoms with Crippen LogP contribution < -0.4 is 5.32 Å².